The number of carbonyl (C=O) groups is 2. The van der Waals surface area contributed by atoms with E-state index in [-0.39, 0.29) is 6.54 Å². The maximum atomic E-state index is 12.1. The first-order chi connectivity index (χ1) is 13.0. The zero-order valence-electron chi connectivity index (χ0n) is 15.0. The molecule has 0 unspecified atom stereocenters. The van der Waals surface area contributed by atoms with Crippen molar-refractivity contribution in [3.05, 3.63) is 60.2 Å². The van der Waals surface area contributed by atoms with Gasteiger partial charge in [0.2, 0.25) is 5.82 Å². The summed E-state index contributed by atoms with van der Waals surface area (Å²) < 4.78 is 5.14. The van der Waals surface area contributed by atoms with Gasteiger partial charge in [-0.25, -0.2) is 4.79 Å². The molecule has 1 atom stereocenters. The maximum Gasteiger partial charge on any atom is 0.330 e. The highest BCUT2D eigenvalue weighted by molar-refractivity contribution is 5.95. The first-order valence-corrected chi connectivity index (χ1v) is 8.41. The summed E-state index contributed by atoms with van der Waals surface area (Å²) in [5.74, 6) is -0.627. The van der Waals surface area contributed by atoms with Gasteiger partial charge in [0, 0.05) is 11.3 Å². The number of nitrogens with one attached hydrogen (secondary N) is 1. The largest absolute Gasteiger partial charge is 0.451 e. The van der Waals surface area contributed by atoms with Gasteiger partial charge in [-0.1, -0.05) is 48.0 Å². The van der Waals surface area contributed by atoms with Crippen LogP contribution >= 0.6 is 0 Å². The Balaban J connectivity index is 1.54. The first kappa shape index (κ1) is 18.2. The molecule has 2 aromatic carbocycles. The Morgan fingerprint density at radius 3 is 2.52 bits per heavy atom. The molecule has 0 fully saturated rings. The van der Waals surface area contributed by atoms with E-state index < -0.39 is 18.0 Å². The molecule has 0 saturated carbocycles. The van der Waals surface area contributed by atoms with Gasteiger partial charge in [-0.3, -0.25) is 4.79 Å². The number of anilines is 1. The number of hydrogen-bond donors (Lipinski definition) is 1. The van der Waals surface area contributed by atoms with Crippen molar-refractivity contribution in [2.75, 3.05) is 5.32 Å². The monoisotopic (exact) mass is 365 g/mol. The van der Waals surface area contributed by atoms with Crippen LogP contribution < -0.4 is 5.32 Å². The normalized spacial score (nSPS) is 11.6. The van der Waals surface area contributed by atoms with Gasteiger partial charge in [-0.15, -0.1) is 10.2 Å². The molecule has 0 aliphatic heterocycles. The molecule has 0 aliphatic rings. The summed E-state index contributed by atoms with van der Waals surface area (Å²) in [5, 5.41) is 14.6. The molecule has 3 rings (SSSR count). The zero-order chi connectivity index (χ0) is 19.2. The minimum atomic E-state index is -0.946. The number of amides is 1. The van der Waals surface area contributed by atoms with Gasteiger partial charge >= 0.3 is 5.97 Å². The Morgan fingerprint density at radius 1 is 1.11 bits per heavy atom. The summed E-state index contributed by atoms with van der Waals surface area (Å²) >= 11 is 0. The van der Waals surface area contributed by atoms with E-state index in [0.717, 1.165) is 15.9 Å². The van der Waals surface area contributed by atoms with E-state index in [4.69, 9.17) is 4.74 Å². The van der Waals surface area contributed by atoms with Crippen LogP contribution in [-0.4, -0.2) is 38.2 Å². The second-order valence-corrected chi connectivity index (χ2v) is 6.00. The summed E-state index contributed by atoms with van der Waals surface area (Å²) in [6.07, 6.45) is -0.946. The second kappa shape index (κ2) is 8.22. The second-order valence-electron chi connectivity index (χ2n) is 6.00. The van der Waals surface area contributed by atoms with Gasteiger partial charge in [0.05, 0.1) is 0 Å². The lowest BCUT2D eigenvalue weighted by atomic mass is 10.1. The first-order valence-electron chi connectivity index (χ1n) is 8.41. The maximum absolute atomic E-state index is 12.1. The van der Waals surface area contributed by atoms with Crippen molar-refractivity contribution in [1.29, 1.82) is 0 Å². The van der Waals surface area contributed by atoms with E-state index in [2.05, 4.69) is 20.7 Å². The molecule has 1 aromatic heterocycles. The van der Waals surface area contributed by atoms with Crippen LogP contribution in [0.4, 0.5) is 5.69 Å². The lowest BCUT2D eigenvalue weighted by molar-refractivity contribution is -0.154. The standard InChI is InChI=1S/C19H19N5O3/c1-13-8-10-15(11-9-13)18-21-23-24(22-18)12-17(25)27-14(2)19(26)20-16-6-4-3-5-7-16/h3-11,14H,12H2,1-2H3,(H,20,26)/t14-/m0/s1. The number of esters is 1. The molecule has 8 heteroatoms. The minimum Gasteiger partial charge on any atom is -0.451 e. The Labute approximate surface area is 156 Å². The van der Waals surface area contributed by atoms with Gasteiger partial charge in [-0.2, -0.15) is 4.80 Å². The van der Waals surface area contributed by atoms with Crippen molar-refractivity contribution in [3.63, 3.8) is 0 Å². The van der Waals surface area contributed by atoms with Crippen LogP contribution in [0.15, 0.2) is 54.6 Å². The predicted molar refractivity (Wildman–Crippen MR) is 98.6 cm³/mol. The van der Waals surface area contributed by atoms with Gasteiger partial charge in [-0.05, 0) is 31.2 Å². The predicted octanol–water partition coefficient (Wildman–Crippen LogP) is 2.22. The molecule has 138 valence electrons. The third kappa shape index (κ3) is 4.97. The fourth-order valence-electron chi connectivity index (χ4n) is 2.30. The fraction of sp³-hybridized carbons (Fsp3) is 0.211. The highest BCUT2D eigenvalue weighted by Crippen LogP contribution is 2.14. The van der Waals surface area contributed by atoms with Crippen LogP contribution in [0.25, 0.3) is 11.4 Å². The van der Waals surface area contributed by atoms with Gasteiger partial charge in [0.1, 0.15) is 0 Å². The number of para-hydroxylation sites is 1. The Bertz CT molecular complexity index is 922. The van der Waals surface area contributed by atoms with Crippen molar-refractivity contribution in [2.45, 2.75) is 26.5 Å². The summed E-state index contributed by atoms with van der Waals surface area (Å²) in [7, 11) is 0. The van der Waals surface area contributed by atoms with Crippen LogP contribution in [0.5, 0.6) is 0 Å². The van der Waals surface area contributed by atoms with Crippen molar-refractivity contribution >= 4 is 17.6 Å². The van der Waals surface area contributed by atoms with E-state index in [0.29, 0.717) is 11.5 Å². The Morgan fingerprint density at radius 2 is 1.81 bits per heavy atom. The average molecular weight is 365 g/mol. The van der Waals surface area contributed by atoms with Crippen LogP contribution in [-0.2, 0) is 20.9 Å². The van der Waals surface area contributed by atoms with Crippen molar-refractivity contribution < 1.29 is 14.3 Å². The van der Waals surface area contributed by atoms with Crippen LogP contribution in [0, 0.1) is 6.92 Å². The lowest BCUT2D eigenvalue weighted by Crippen LogP contribution is -2.31. The molecule has 8 nitrogen and oxygen atoms in total. The molecule has 0 spiro atoms. The molecule has 3 aromatic rings. The molecule has 0 radical (unpaired) electrons. The SMILES string of the molecule is Cc1ccc(-c2nnn(CC(=O)O[C@@H](C)C(=O)Nc3ccccc3)n2)cc1. The molecule has 0 saturated heterocycles. The molecule has 0 bridgehead atoms. The molecule has 1 N–H and O–H groups in total. The molecule has 27 heavy (non-hydrogen) atoms. The number of benzene rings is 2. The van der Waals surface area contributed by atoms with Gasteiger partial charge in [0.15, 0.2) is 12.6 Å². The van der Waals surface area contributed by atoms with Crippen LogP contribution in [0.3, 0.4) is 0 Å². The quantitative estimate of drug-likeness (QED) is 0.673. The molecule has 1 amide bonds. The zero-order valence-corrected chi connectivity index (χ0v) is 15.0. The molecular weight excluding hydrogens is 346 g/mol. The van der Waals surface area contributed by atoms with E-state index in [1.807, 2.05) is 37.3 Å². The summed E-state index contributed by atoms with van der Waals surface area (Å²) in [4.78, 5) is 25.3. The van der Waals surface area contributed by atoms with E-state index in [1.165, 1.54) is 6.92 Å². The Kier molecular flexibility index (Phi) is 5.55. The number of carbonyl (C=O) groups excluding carboxylic acids is 2. The Hall–Kier alpha value is -3.55. The number of nitrogens with zero attached hydrogens (tertiary/aromatic N) is 4. The molecule has 1 heterocycles. The number of tetrazole rings is 1. The van der Waals surface area contributed by atoms with Crippen molar-refractivity contribution in [3.8, 4) is 11.4 Å². The summed E-state index contributed by atoms with van der Waals surface area (Å²) in [6, 6.07) is 16.6. The van der Waals surface area contributed by atoms with Gasteiger partial charge < -0.3 is 10.1 Å². The number of aryl methyl sites for hydroxylation is 1. The lowest BCUT2D eigenvalue weighted by Gasteiger charge is -2.13. The average Bonchev–Trinajstić information content (AvgIpc) is 3.11. The smallest absolute Gasteiger partial charge is 0.330 e. The van der Waals surface area contributed by atoms with E-state index >= 15 is 0 Å². The molecular formula is C19H19N5O3. The van der Waals surface area contributed by atoms with Crippen LogP contribution in [0.1, 0.15) is 12.5 Å². The van der Waals surface area contributed by atoms with Crippen molar-refractivity contribution in [1.82, 2.24) is 20.2 Å². The van der Waals surface area contributed by atoms with E-state index in [9.17, 15) is 9.59 Å². The van der Waals surface area contributed by atoms with Crippen molar-refractivity contribution in [2.24, 2.45) is 0 Å². The third-order valence-corrected chi connectivity index (χ3v) is 3.75. The number of aromatic nitrogens is 4. The highest BCUT2D eigenvalue weighted by atomic mass is 16.5. The fourth-order valence-corrected chi connectivity index (χ4v) is 2.30. The number of hydrogen-bond acceptors (Lipinski definition) is 6. The summed E-state index contributed by atoms with van der Waals surface area (Å²) in [6.45, 7) is 3.25. The molecule has 0 aliphatic carbocycles. The van der Waals surface area contributed by atoms with E-state index in [1.54, 1.807) is 24.3 Å². The van der Waals surface area contributed by atoms with Crippen LogP contribution in [0.2, 0.25) is 0 Å². The number of rotatable bonds is 6. The minimum absolute atomic E-state index is 0.234. The van der Waals surface area contributed by atoms with Gasteiger partial charge in [0.25, 0.3) is 5.91 Å². The topological polar surface area (TPSA) is 99.0 Å². The highest BCUT2D eigenvalue weighted by Gasteiger charge is 2.19. The third-order valence-electron chi connectivity index (χ3n) is 3.75. The number of ether oxygens (including phenoxy) is 1. The summed E-state index contributed by atoms with van der Waals surface area (Å²) in [5.41, 5.74) is 2.55.